The van der Waals surface area contributed by atoms with Crippen LogP contribution in [0.5, 0.6) is 0 Å². The van der Waals surface area contributed by atoms with Crippen LogP contribution in [0.15, 0.2) is 102 Å². The van der Waals surface area contributed by atoms with Gasteiger partial charge in [0.25, 0.3) is 11.5 Å². The molecule has 2 heterocycles. The van der Waals surface area contributed by atoms with Gasteiger partial charge < -0.3 is 5.32 Å². The van der Waals surface area contributed by atoms with E-state index in [9.17, 15) is 14.9 Å². The van der Waals surface area contributed by atoms with Crippen LogP contribution < -0.4 is 10.9 Å². The third kappa shape index (κ3) is 4.10. The highest BCUT2D eigenvalue weighted by Crippen LogP contribution is 2.32. The van der Waals surface area contributed by atoms with Crippen LogP contribution in [0.1, 0.15) is 15.9 Å². The maximum Gasteiger partial charge on any atom is 0.277 e. The highest BCUT2D eigenvalue weighted by molar-refractivity contribution is 6.10. The van der Waals surface area contributed by atoms with Crippen molar-refractivity contribution in [1.82, 2.24) is 20.0 Å². The molecule has 2 N–H and O–H groups in total. The normalized spacial score (nSPS) is 10.5. The van der Waals surface area contributed by atoms with Gasteiger partial charge in [0.1, 0.15) is 17.2 Å². The molecule has 8 heteroatoms. The molecule has 0 aliphatic heterocycles. The van der Waals surface area contributed by atoms with E-state index in [4.69, 9.17) is 0 Å². The van der Waals surface area contributed by atoms with Crippen LogP contribution in [-0.4, -0.2) is 25.9 Å². The number of nitriles is 1. The molecular weight excluding hydrogens is 440 g/mol. The van der Waals surface area contributed by atoms with Crippen molar-refractivity contribution in [3.05, 3.63) is 119 Å². The Morgan fingerprint density at radius 1 is 0.886 bits per heavy atom. The Morgan fingerprint density at radius 2 is 1.49 bits per heavy atom. The van der Waals surface area contributed by atoms with Crippen molar-refractivity contribution in [2.24, 2.45) is 0 Å². The van der Waals surface area contributed by atoms with Gasteiger partial charge >= 0.3 is 0 Å². The summed E-state index contributed by atoms with van der Waals surface area (Å²) in [4.78, 5) is 26.7. The molecule has 1 amide bonds. The zero-order chi connectivity index (χ0) is 24.2. The van der Waals surface area contributed by atoms with Crippen LogP contribution in [0.4, 0.5) is 5.82 Å². The van der Waals surface area contributed by atoms with Gasteiger partial charge in [0.15, 0.2) is 5.82 Å². The smallest absolute Gasteiger partial charge is 0.277 e. The predicted molar refractivity (Wildman–Crippen MR) is 132 cm³/mol. The molecule has 35 heavy (non-hydrogen) atoms. The Hall–Kier alpha value is -5.29. The number of para-hydroxylation sites is 1. The summed E-state index contributed by atoms with van der Waals surface area (Å²) < 4.78 is 1.45. The van der Waals surface area contributed by atoms with Crippen molar-refractivity contribution in [3.8, 4) is 34.1 Å². The topological polar surface area (TPSA) is 116 Å². The van der Waals surface area contributed by atoms with Crippen molar-refractivity contribution in [3.63, 3.8) is 0 Å². The SMILES string of the molecule is N#Cc1cnn(-c2ccccc2)c1NC(=O)c1c(-c2ccccc2)c(-c2ccccc2)n[nH]c1=O. The summed E-state index contributed by atoms with van der Waals surface area (Å²) in [7, 11) is 0. The standard InChI is InChI=1S/C27H18N6O2/c28-16-20-17-29-33(21-14-8-3-9-15-21)25(20)30-26(34)23-22(18-10-4-1-5-11-18)24(31-32-27(23)35)19-12-6-2-7-13-19/h1-15,17H,(H,30,34)(H,32,35). The number of amides is 1. The van der Waals surface area contributed by atoms with Crippen LogP contribution in [0.2, 0.25) is 0 Å². The summed E-state index contributed by atoms with van der Waals surface area (Å²) in [5.41, 5.74) is 2.30. The Bertz CT molecular complexity index is 1600. The summed E-state index contributed by atoms with van der Waals surface area (Å²) in [6, 6.07) is 29.6. The van der Waals surface area contributed by atoms with Gasteiger partial charge in [-0.1, -0.05) is 78.9 Å². The van der Waals surface area contributed by atoms with Gasteiger partial charge in [0.05, 0.1) is 17.6 Å². The average molecular weight is 458 g/mol. The van der Waals surface area contributed by atoms with Crippen LogP contribution in [0.3, 0.4) is 0 Å². The molecule has 0 radical (unpaired) electrons. The number of anilines is 1. The first-order valence-corrected chi connectivity index (χ1v) is 10.8. The molecule has 0 unspecified atom stereocenters. The van der Waals surface area contributed by atoms with Gasteiger partial charge in [-0.05, 0) is 17.7 Å². The minimum atomic E-state index is -0.682. The van der Waals surface area contributed by atoms with Gasteiger partial charge in [-0.25, -0.2) is 9.78 Å². The highest BCUT2D eigenvalue weighted by Gasteiger charge is 2.25. The number of H-pyrrole nitrogens is 1. The fourth-order valence-electron chi connectivity index (χ4n) is 3.84. The van der Waals surface area contributed by atoms with Crippen LogP contribution in [0, 0.1) is 11.3 Å². The van der Waals surface area contributed by atoms with Gasteiger partial charge in [-0.2, -0.15) is 15.5 Å². The van der Waals surface area contributed by atoms with Gasteiger partial charge in [-0.3, -0.25) is 9.59 Å². The van der Waals surface area contributed by atoms with E-state index < -0.39 is 11.5 Å². The summed E-state index contributed by atoms with van der Waals surface area (Å²) >= 11 is 0. The molecule has 168 valence electrons. The predicted octanol–water partition coefficient (Wildman–Crippen LogP) is 4.41. The highest BCUT2D eigenvalue weighted by atomic mass is 16.2. The van der Waals surface area contributed by atoms with E-state index in [0.717, 1.165) is 5.56 Å². The number of carbonyl (C=O) groups excluding carboxylic acids is 1. The van der Waals surface area contributed by atoms with Crippen LogP contribution in [-0.2, 0) is 0 Å². The fourth-order valence-corrected chi connectivity index (χ4v) is 3.84. The second kappa shape index (κ2) is 9.29. The van der Waals surface area contributed by atoms with Crippen LogP contribution >= 0.6 is 0 Å². The molecule has 5 aromatic rings. The maximum atomic E-state index is 13.7. The Morgan fingerprint density at radius 3 is 2.11 bits per heavy atom. The Kier molecular flexibility index (Phi) is 5.72. The van der Waals surface area contributed by atoms with Crippen molar-refractivity contribution in [2.45, 2.75) is 0 Å². The number of benzene rings is 3. The molecule has 0 aliphatic carbocycles. The Balaban J connectivity index is 1.68. The van der Waals surface area contributed by atoms with Crippen molar-refractivity contribution in [1.29, 1.82) is 5.26 Å². The maximum absolute atomic E-state index is 13.7. The monoisotopic (exact) mass is 458 g/mol. The van der Waals surface area contributed by atoms with E-state index in [1.807, 2.05) is 84.9 Å². The van der Waals surface area contributed by atoms with E-state index in [2.05, 4.69) is 20.6 Å². The number of rotatable bonds is 5. The number of aromatic amines is 1. The lowest BCUT2D eigenvalue weighted by Crippen LogP contribution is -2.27. The second-order valence-corrected chi connectivity index (χ2v) is 7.60. The molecule has 0 spiro atoms. The second-order valence-electron chi connectivity index (χ2n) is 7.60. The van der Waals surface area contributed by atoms with E-state index in [1.54, 1.807) is 12.1 Å². The minimum absolute atomic E-state index is 0.116. The first-order valence-electron chi connectivity index (χ1n) is 10.8. The van der Waals surface area contributed by atoms with Crippen molar-refractivity contribution >= 4 is 11.7 Å². The van der Waals surface area contributed by atoms with Gasteiger partial charge in [0.2, 0.25) is 0 Å². The molecule has 8 nitrogen and oxygen atoms in total. The third-order valence-electron chi connectivity index (χ3n) is 5.44. The van der Waals surface area contributed by atoms with Crippen LogP contribution in [0.25, 0.3) is 28.1 Å². The first kappa shape index (κ1) is 21.6. The third-order valence-corrected chi connectivity index (χ3v) is 5.44. The molecule has 0 atom stereocenters. The summed E-state index contributed by atoms with van der Waals surface area (Å²) in [5.74, 6) is -0.515. The number of aromatic nitrogens is 4. The molecule has 0 bridgehead atoms. The first-order chi connectivity index (χ1) is 17.2. The summed E-state index contributed by atoms with van der Waals surface area (Å²) in [6.45, 7) is 0. The summed E-state index contributed by atoms with van der Waals surface area (Å²) in [5, 5.41) is 23.3. The number of nitrogens with zero attached hydrogens (tertiary/aromatic N) is 4. The molecule has 3 aromatic carbocycles. The van der Waals surface area contributed by atoms with Crippen molar-refractivity contribution in [2.75, 3.05) is 5.32 Å². The van der Waals surface area contributed by atoms with Crippen molar-refractivity contribution < 1.29 is 4.79 Å². The number of hydrogen-bond acceptors (Lipinski definition) is 5. The zero-order valence-corrected chi connectivity index (χ0v) is 18.3. The van der Waals surface area contributed by atoms with E-state index >= 15 is 0 Å². The molecule has 0 aliphatic rings. The Labute approximate surface area is 200 Å². The molecular formula is C27H18N6O2. The molecule has 5 rings (SSSR count). The summed E-state index contributed by atoms with van der Waals surface area (Å²) in [6.07, 6.45) is 1.37. The number of carbonyl (C=O) groups is 1. The fraction of sp³-hybridized carbons (Fsp3) is 0. The van der Waals surface area contributed by atoms with E-state index in [1.165, 1.54) is 10.9 Å². The number of hydrogen-bond donors (Lipinski definition) is 2. The van der Waals surface area contributed by atoms with E-state index in [-0.39, 0.29) is 16.9 Å². The average Bonchev–Trinajstić information content (AvgIpc) is 3.32. The molecule has 0 saturated heterocycles. The number of nitrogens with one attached hydrogen (secondary N) is 2. The quantitative estimate of drug-likeness (QED) is 0.405. The lowest BCUT2D eigenvalue weighted by molar-refractivity contribution is 0.102. The van der Waals surface area contributed by atoms with E-state index in [0.29, 0.717) is 22.5 Å². The largest absolute Gasteiger partial charge is 0.305 e. The molecule has 2 aromatic heterocycles. The zero-order valence-electron chi connectivity index (χ0n) is 18.3. The minimum Gasteiger partial charge on any atom is -0.305 e. The lowest BCUT2D eigenvalue weighted by Gasteiger charge is -2.14. The lowest BCUT2D eigenvalue weighted by atomic mass is 9.95. The molecule has 0 fully saturated rings. The van der Waals surface area contributed by atoms with Gasteiger partial charge in [-0.15, -0.1) is 0 Å². The van der Waals surface area contributed by atoms with Gasteiger partial charge in [0, 0.05) is 11.1 Å². The molecule has 0 saturated carbocycles.